The van der Waals surface area contributed by atoms with Crippen LogP contribution in [0.2, 0.25) is 0 Å². The van der Waals surface area contributed by atoms with Gasteiger partial charge < -0.3 is 4.90 Å². The molecular weight excluding hydrogens is 198 g/mol. The number of rotatable bonds is 2. The lowest BCUT2D eigenvalue weighted by Gasteiger charge is -2.39. The summed E-state index contributed by atoms with van der Waals surface area (Å²) in [5.74, 6) is 2.12. The molecule has 2 fully saturated rings. The molecule has 1 aliphatic carbocycles. The van der Waals surface area contributed by atoms with Crippen molar-refractivity contribution in [2.75, 3.05) is 19.0 Å². The standard InChI is InChI=1S/C11H18ClNO/c12-8-11(14)13-6-4-10(5-7-13)9-2-1-3-9/h9-10H,1-8H2. The van der Waals surface area contributed by atoms with Gasteiger partial charge in [0.05, 0.1) is 0 Å². The zero-order valence-corrected chi connectivity index (χ0v) is 9.30. The Morgan fingerprint density at radius 1 is 1.14 bits per heavy atom. The summed E-state index contributed by atoms with van der Waals surface area (Å²) in [4.78, 5) is 13.2. The van der Waals surface area contributed by atoms with Crippen molar-refractivity contribution in [1.82, 2.24) is 4.90 Å². The fraction of sp³-hybridized carbons (Fsp3) is 0.909. The first-order valence-electron chi connectivity index (χ1n) is 5.65. The minimum absolute atomic E-state index is 0.110. The molecule has 80 valence electrons. The van der Waals surface area contributed by atoms with Crippen LogP contribution in [0.4, 0.5) is 0 Å². The van der Waals surface area contributed by atoms with E-state index in [0.29, 0.717) is 0 Å². The van der Waals surface area contributed by atoms with E-state index in [0.717, 1.165) is 24.9 Å². The van der Waals surface area contributed by atoms with Gasteiger partial charge in [-0.25, -0.2) is 0 Å². The average Bonchev–Trinajstić information content (AvgIpc) is 2.15. The SMILES string of the molecule is O=C(CCl)N1CCC(C2CCC2)CC1. The van der Waals surface area contributed by atoms with Crippen LogP contribution in [0.15, 0.2) is 0 Å². The largest absolute Gasteiger partial charge is 0.342 e. The van der Waals surface area contributed by atoms with Crippen LogP contribution < -0.4 is 0 Å². The molecule has 1 saturated carbocycles. The number of alkyl halides is 1. The van der Waals surface area contributed by atoms with E-state index in [1.165, 1.54) is 32.1 Å². The first-order chi connectivity index (χ1) is 6.81. The second kappa shape index (κ2) is 4.52. The van der Waals surface area contributed by atoms with E-state index in [9.17, 15) is 4.79 Å². The minimum atomic E-state index is 0.110. The third-order valence-electron chi connectivity index (χ3n) is 3.82. The van der Waals surface area contributed by atoms with Crippen molar-refractivity contribution in [2.24, 2.45) is 11.8 Å². The summed E-state index contributed by atoms with van der Waals surface area (Å²) in [5, 5.41) is 0. The summed E-state index contributed by atoms with van der Waals surface area (Å²) < 4.78 is 0. The van der Waals surface area contributed by atoms with E-state index < -0.39 is 0 Å². The molecule has 0 aromatic heterocycles. The first-order valence-corrected chi connectivity index (χ1v) is 6.18. The monoisotopic (exact) mass is 215 g/mol. The Labute approximate surface area is 90.6 Å². The molecule has 1 amide bonds. The van der Waals surface area contributed by atoms with E-state index in [1.54, 1.807) is 0 Å². The molecule has 0 aromatic rings. The molecule has 1 saturated heterocycles. The van der Waals surface area contributed by atoms with E-state index in [2.05, 4.69) is 0 Å². The molecule has 2 rings (SSSR count). The third-order valence-corrected chi connectivity index (χ3v) is 4.05. The van der Waals surface area contributed by atoms with Gasteiger partial charge >= 0.3 is 0 Å². The Balaban J connectivity index is 1.76. The number of halogens is 1. The highest BCUT2D eigenvalue weighted by molar-refractivity contribution is 6.27. The smallest absolute Gasteiger partial charge is 0.237 e. The summed E-state index contributed by atoms with van der Waals surface area (Å²) in [5.41, 5.74) is 0. The maximum atomic E-state index is 11.3. The van der Waals surface area contributed by atoms with E-state index in [4.69, 9.17) is 11.6 Å². The van der Waals surface area contributed by atoms with Gasteiger partial charge in [-0.05, 0) is 24.7 Å². The fourth-order valence-electron chi connectivity index (χ4n) is 2.62. The molecule has 0 unspecified atom stereocenters. The molecule has 2 nitrogen and oxygen atoms in total. The zero-order valence-electron chi connectivity index (χ0n) is 8.54. The fourth-order valence-corrected chi connectivity index (χ4v) is 2.79. The number of hydrogen-bond donors (Lipinski definition) is 0. The summed E-state index contributed by atoms with van der Waals surface area (Å²) >= 11 is 5.53. The maximum Gasteiger partial charge on any atom is 0.237 e. The highest BCUT2D eigenvalue weighted by Gasteiger charge is 2.31. The van der Waals surface area contributed by atoms with Crippen molar-refractivity contribution in [2.45, 2.75) is 32.1 Å². The highest BCUT2D eigenvalue weighted by Crippen LogP contribution is 2.38. The Kier molecular flexibility index (Phi) is 3.32. The number of piperidine rings is 1. The number of nitrogens with zero attached hydrogens (tertiary/aromatic N) is 1. The molecular formula is C11H18ClNO. The van der Waals surface area contributed by atoms with E-state index in [1.807, 2.05) is 4.90 Å². The Bertz CT molecular complexity index is 207. The number of likely N-dealkylation sites (tertiary alicyclic amines) is 1. The topological polar surface area (TPSA) is 20.3 Å². The van der Waals surface area contributed by atoms with Crippen LogP contribution in [-0.4, -0.2) is 29.8 Å². The Morgan fingerprint density at radius 2 is 1.71 bits per heavy atom. The van der Waals surface area contributed by atoms with Crippen LogP contribution in [0.5, 0.6) is 0 Å². The molecule has 0 radical (unpaired) electrons. The van der Waals surface area contributed by atoms with Gasteiger partial charge in [-0.1, -0.05) is 19.3 Å². The van der Waals surface area contributed by atoms with Crippen molar-refractivity contribution in [3.63, 3.8) is 0 Å². The van der Waals surface area contributed by atoms with Crippen molar-refractivity contribution < 1.29 is 4.79 Å². The van der Waals surface area contributed by atoms with E-state index in [-0.39, 0.29) is 11.8 Å². The third kappa shape index (κ3) is 2.05. The second-order valence-corrected chi connectivity index (χ2v) is 4.81. The molecule has 14 heavy (non-hydrogen) atoms. The molecule has 1 aliphatic heterocycles. The predicted molar refractivity (Wildman–Crippen MR) is 57.4 cm³/mol. The van der Waals surface area contributed by atoms with Gasteiger partial charge in [0, 0.05) is 13.1 Å². The Morgan fingerprint density at radius 3 is 2.14 bits per heavy atom. The number of carbonyl (C=O) groups is 1. The normalized spacial score (nSPS) is 24.8. The van der Waals surface area contributed by atoms with Gasteiger partial charge in [-0.2, -0.15) is 0 Å². The molecule has 1 heterocycles. The molecule has 0 N–H and O–H groups in total. The molecule has 0 bridgehead atoms. The molecule has 2 aliphatic rings. The molecule has 0 spiro atoms. The number of hydrogen-bond acceptors (Lipinski definition) is 1. The van der Waals surface area contributed by atoms with Crippen molar-refractivity contribution in [3.8, 4) is 0 Å². The van der Waals surface area contributed by atoms with Crippen LogP contribution >= 0.6 is 11.6 Å². The van der Waals surface area contributed by atoms with Crippen LogP contribution in [-0.2, 0) is 4.79 Å². The van der Waals surface area contributed by atoms with Gasteiger partial charge in [-0.3, -0.25) is 4.79 Å². The summed E-state index contributed by atoms with van der Waals surface area (Å²) in [6.07, 6.45) is 6.67. The quantitative estimate of drug-likeness (QED) is 0.648. The van der Waals surface area contributed by atoms with Crippen molar-refractivity contribution >= 4 is 17.5 Å². The predicted octanol–water partition coefficient (Wildman–Crippen LogP) is 2.26. The van der Waals surface area contributed by atoms with Crippen LogP contribution in [0.3, 0.4) is 0 Å². The summed E-state index contributed by atoms with van der Waals surface area (Å²) in [6, 6.07) is 0. The zero-order chi connectivity index (χ0) is 9.97. The lowest BCUT2D eigenvalue weighted by molar-refractivity contribution is -0.130. The van der Waals surface area contributed by atoms with Crippen LogP contribution in [0, 0.1) is 11.8 Å². The number of amides is 1. The van der Waals surface area contributed by atoms with E-state index >= 15 is 0 Å². The van der Waals surface area contributed by atoms with Gasteiger partial charge in [0.1, 0.15) is 5.88 Å². The lowest BCUT2D eigenvalue weighted by atomic mass is 9.72. The second-order valence-electron chi connectivity index (χ2n) is 4.54. The molecule has 0 aromatic carbocycles. The van der Waals surface area contributed by atoms with Crippen LogP contribution in [0.1, 0.15) is 32.1 Å². The maximum absolute atomic E-state index is 11.3. The average molecular weight is 216 g/mol. The van der Waals surface area contributed by atoms with Gasteiger partial charge in [0.25, 0.3) is 0 Å². The van der Waals surface area contributed by atoms with Gasteiger partial charge in [0.2, 0.25) is 5.91 Å². The van der Waals surface area contributed by atoms with Crippen molar-refractivity contribution in [3.05, 3.63) is 0 Å². The van der Waals surface area contributed by atoms with Crippen molar-refractivity contribution in [1.29, 1.82) is 0 Å². The minimum Gasteiger partial charge on any atom is -0.342 e. The lowest BCUT2D eigenvalue weighted by Crippen LogP contribution is -2.41. The van der Waals surface area contributed by atoms with Crippen LogP contribution in [0.25, 0.3) is 0 Å². The summed E-state index contributed by atoms with van der Waals surface area (Å²) in [7, 11) is 0. The Hall–Kier alpha value is -0.240. The molecule has 0 atom stereocenters. The van der Waals surface area contributed by atoms with Gasteiger partial charge in [0.15, 0.2) is 0 Å². The highest BCUT2D eigenvalue weighted by atomic mass is 35.5. The molecule has 3 heteroatoms. The first kappa shape index (κ1) is 10.3. The van der Waals surface area contributed by atoms with Gasteiger partial charge in [-0.15, -0.1) is 11.6 Å². The number of carbonyl (C=O) groups excluding carboxylic acids is 1. The summed E-state index contributed by atoms with van der Waals surface area (Å²) in [6.45, 7) is 1.87.